The zero-order chi connectivity index (χ0) is 24.1. The Labute approximate surface area is 191 Å². The third-order valence-corrected chi connectivity index (χ3v) is 5.41. The van der Waals surface area contributed by atoms with Gasteiger partial charge in [0.1, 0.15) is 11.6 Å². The van der Waals surface area contributed by atoms with E-state index in [2.05, 4.69) is 16.5 Å². The van der Waals surface area contributed by atoms with Gasteiger partial charge in [0.2, 0.25) is 0 Å². The van der Waals surface area contributed by atoms with E-state index in [0.29, 0.717) is 35.3 Å². The molecule has 1 aromatic carbocycles. The Bertz CT molecular complexity index is 1250. The van der Waals surface area contributed by atoms with Crippen LogP contribution in [0.3, 0.4) is 0 Å². The lowest BCUT2D eigenvalue weighted by atomic mass is 10.0. The minimum atomic E-state index is -2.95. The number of allylic oxidation sites excluding steroid dienone is 4. The predicted octanol–water partition coefficient (Wildman–Crippen LogP) is 5.79. The third-order valence-electron chi connectivity index (χ3n) is 5.41. The molecule has 0 saturated carbocycles. The van der Waals surface area contributed by atoms with Crippen LogP contribution in [0.2, 0.25) is 0 Å². The van der Waals surface area contributed by atoms with Crippen LogP contribution in [0.25, 0.3) is 22.0 Å². The summed E-state index contributed by atoms with van der Waals surface area (Å²) in [4.78, 5) is 21.5. The van der Waals surface area contributed by atoms with Crippen LogP contribution in [0.5, 0.6) is 0 Å². The number of aryl methyl sites for hydroxylation is 1. The topological polar surface area (TPSA) is 61.9 Å². The molecule has 0 aliphatic carbocycles. The number of nitrogens with zero attached hydrogens (tertiary/aromatic N) is 4. The van der Waals surface area contributed by atoms with E-state index in [9.17, 15) is 13.6 Å². The van der Waals surface area contributed by atoms with Gasteiger partial charge in [-0.2, -0.15) is 8.78 Å². The van der Waals surface area contributed by atoms with Gasteiger partial charge in [-0.1, -0.05) is 38.6 Å². The Morgan fingerprint density at radius 3 is 2.55 bits per heavy atom. The molecule has 0 spiro atoms. The third kappa shape index (κ3) is 4.65. The van der Waals surface area contributed by atoms with Crippen LogP contribution in [0.4, 0.5) is 8.78 Å². The summed E-state index contributed by atoms with van der Waals surface area (Å²) in [6.45, 7) is 8.69. The Morgan fingerprint density at radius 1 is 1.24 bits per heavy atom. The number of benzene rings is 1. The van der Waals surface area contributed by atoms with E-state index in [0.717, 1.165) is 11.1 Å². The van der Waals surface area contributed by atoms with Gasteiger partial charge in [0.15, 0.2) is 0 Å². The van der Waals surface area contributed by atoms with Crippen molar-refractivity contribution in [2.45, 2.75) is 53.3 Å². The molecule has 3 aromatic rings. The van der Waals surface area contributed by atoms with Crippen molar-refractivity contribution in [1.82, 2.24) is 19.3 Å². The summed E-state index contributed by atoms with van der Waals surface area (Å²) in [5.41, 5.74) is 2.84. The van der Waals surface area contributed by atoms with Gasteiger partial charge in [0.05, 0.1) is 16.9 Å². The first-order valence-electron chi connectivity index (χ1n) is 10.9. The van der Waals surface area contributed by atoms with Crippen molar-refractivity contribution in [3.05, 3.63) is 82.9 Å². The highest BCUT2D eigenvalue weighted by Crippen LogP contribution is 2.36. The lowest BCUT2D eigenvalue weighted by Crippen LogP contribution is -2.18. The van der Waals surface area contributed by atoms with Crippen LogP contribution in [-0.4, -0.2) is 25.9 Å². The Kier molecular flexibility index (Phi) is 7.58. The van der Waals surface area contributed by atoms with Crippen molar-refractivity contribution >= 4 is 10.9 Å². The molecule has 8 heteroatoms. The maximum atomic E-state index is 13.0. The molecule has 1 aliphatic rings. The van der Waals surface area contributed by atoms with Crippen LogP contribution in [0.1, 0.15) is 39.1 Å². The molecule has 33 heavy (non-hydrogen) atoms. The van der Waals surface area contributed by atoms with Crippen LogP contribution in [0, 0.1) is 6.92 Å². The summed E-state index contributed by atoms with van der Waals surface area (Å²) < 4.78 is 34.3. The van der Waals surface area contributed by atoms with Crippen molar-refractivity contribution in [3.8, 4) is 11.1 Å². The second-order valence-corrected chi connectivity index (χ2v) is 7.22. The fourth-order valence-corrected chi connectivity index (χ4v) is 4.07. The average molecular weight is 455 g/mol. The van der Waals surface area contributed by atoms with E-state index in [1.54, 1.807) is 36.1 Å². The SMILES string of the molecule is C=C/C=C(\C(=C/C)OC(F)F)C1CCn2c(=O)c3ccc(-c4cnc(C)nc4)cc3n21.CC. The van der Waals surface area contributed by atoms with Gasteiger partial charge in [-0.25, -0.2) is 14.6 Å². The lowest BCUT2D eigenvalue weighted by Gasteiger charge is -2.21. The standard InChI is InChI=1S/C23H22F2N4O2.C2H6/c1-4-6-17(21(5-2)31-23(24)25)19-9-10-28-22(30)18-8-7-15(11-20(18)29(19)28)16-12-26-14(3)27-13-16;1-2/h4-8,11-13,19,23H,1,9-10H2,2-3H3;1-2H3/b17-6-,21-5+;. The molecule has 1 atom stereocenters. The number of hydrogen-bond donors (Lipinski definition) is 0. The Morgan fingerprint density at radius 2 is 1.94 bits per heavy atom. The minimum Gasteiger partial charge on any atom is -0.435 e. The summed E-state index contributed by atoms with van der Waals surface area (Å²) >= 11 is 0. The largest absolute Gasteiger partial charge is 0.435 e. The van der Waals surface area contributed by atoms with E-state index >= 15 is 0 Å². The number of ether oxygens (including phenoxy) is 1. The molecule has 0 saturated heterocycles. The summed E-state index contributed by atoms with van der Waals surface area (Å²) in [7, 11) is 0. The van der Waals surface area contributed by atoms with Gasteiger partial charge in [0, 0.05) is 30.1 Å². The van der Waals surface area contributed by atoms with Gasteiger partial charge in [-0.15, -0.1) is 0 Å². The van der Waals surface area contributed by atoms with E-state index < -0.39 is 6.61 Å². The molecular weight excluding hydrogens is 426 g/mol. The molecule has 6 nitrogen and oxygen atoms in total. The van der Waals surface area contributed by atoms with E-state index in [4.69, 9.17) is 4.74 Å². The van der Waals surface area contributed by atoms with E-state index in [1.807, 2.05) is 37.6 Å². The first kappa shape index (κ1) is 24.1. The van der Waals surface area contributed by atoms with Gasteiger partial charge in [-0.3, -0.25) is 9.48 Å². The van der Waals surface area contributed by atoms with E-state index in [-0.39, 0.29) is 17.4 Å². The molecule has 0 radical (unpaired) electrons. The molecule has 1 unspecified atom stereocenters. The van der Waals surface area contributed by atoms with Crippen LogP contribution in [-0.2, 0) is 11.3 Å². The Balaban J connectivity index is 0.00000149. The molecule has 0 N–H and O–H groups in total. The maximum Gasteiger partial charge on any atom is 0.387 e. The van der Waals surface area contributed by atoms with Crippen LogP contribution >= 0.6 is 0 Å². The number of rotatable bonds is 6. The smallest absolute Gasteiger partial charge is 0.387 e. The van der Waals surface area contributed by atoms with Crippen molar-refractivity contribution in [3.63, 3.8) is 0 Å². The summed E-state index contributed by atoms with van der Waals surface area (Å²) in [6.07, 6.45) is 8.74. The quantitative estimate of drug-likeness (QED) is 0.349. The van der Waals surface area contributed by atoms with Crippen molar-refractivity contribution in [2.75, 3.05) is 0 Å². The van der Waals surface area contributed by atoms with Crippen molar-refractivity contribution < 1.29 is 13.5 Å². The zero-order valence-corrected chi connectivity index (χ0v) is 19.3. The van der Waals surface area contributed by atoms with Gasteiger partial charge in [0.25, 0.3) is 5.56 Å². The normalized spacial score (nSPS) is 15.9. The number of fused-ring (bicyclic) bond motifs is 3. The lowest BCUT2D eigenvalue weighted by molar-refractivity contribution is -0.0942. The molecule has 3 heterocycles. The second-order valence-electron chi connectivity index (χ2n) is 7.22. The number of hydrogen-bond acceptors (Lipinski definition) is 4. The highest BCUT2D eigenvalue weighted by atomic mass is 19.3. The molecule has 0 bridgehead atoms. The molecule has 0 amide bonds. The second kappa shape index (κ2) is 10.4. The van der Waals surface area contributed by atoms with Crippen molar-refractivity contribution in [2.24, 2.45) is 0 Å². The van der Waals surface area contributed by atoms with Gasteiger partial charge in [-0.05, 0) is 44.0 Å². The minimum absolute atomic E-state index is 0.0748. The van der Waals surface area contributed by atoms with Gasteiger partial charge < -0.3 is 4.74 Å². The molecule has 174 valence electrons. The first-order valence-corrected chi connectivity index (χ1v) is 10.9. The molecule has 0 fully saturated rings. The monoisotopic (exact) mass is 454 g/mol. The molecule has 2 aromatic heterocycles. The molecule has 4 rings (SSSR count). The molecular formula is C25H28F2N4O2. The summed E-state index contributed by atoms with van der Waals surface area (Å²) in [5.74, 6) is 0.744. The van der Waals surface area contributed by atoms with E-state index in [1.165, 1.54) is 12.2 Å². The number of halogens is 2. The van der Waals surface area contributed by atoms with Crippen LogP contribution < -0.4 is 5.56 Å². The number of aromatic nitrogens is 4. The van der Waals surface area contributed by atoms with Crippen molar-refractivity contribution in [1.29, 1.82) is 0 Å². The van der Waals surface area contributed by atoms with Crippen LogP contribution in [0.15, 0.2) is 71.5 Å². The predicted molar refractivity (Wildman–Crippen MR) is 126 cm³/mol. The summed E-state index contributed by atoms with van der Waals surface area (Å²) in [5, 5.41) is 0.566. The fraction of sp³-hybridized carbons (Fsp3) is 0.320. The molecule has 1 aliphatic heterocycles. The first-order chi connectivity index (χ1) is 15.9. The van der Waals surface area contributed by atoms with Gasteiger partial charge >= 0.3 is 6.61 Å². The number of alkyl halides is 2. The maximum absolute atomic E-state index is 13.0. The highest BCUT2D eigenvalue weighted by molar-refractivity contribution is 5.84. The zero-order valence-electron chi connectivity index (χ0n) is 19.3. The highest BCUT2D eigenvalue weighted by Gasteiger charge is 2.31. The fourth-order valence-electron chi connectivity index (χ4n) is 4.07. The Hall–Kier alpha value is -3.55. The summed E-state index contributed by atoms with van der Waals surface area (Å²) in [6, 6.07) is 5.21. The average Bonchev–Trinajstić information content (AvgIpc) is 3.37.